The van der Waals surface area contributed by atoms with Crippen LogP contribution in [0.15, 0.2) is 84.0 Å². The second kappa shape index (κ2) is 9.89. The Kier molecular flexibility index (Phi) is 6.78. The van der Waals surface area contributed by atoms with Gasteiger partial charge in [-0.3, -0.25) is 19.3 Å². The Morgan fingerprint density at radius 1 is 0.938 bits per heavy atom. The fourth-order valence-corrected chi connectivity index (χ4v) is 4.63. The van der Waals surface area contributed by atoms with E-state index in [0.717, 1.165) is 33.6 Å². The zero-order valence-corrected chi connectivity index (χ0v) is 18.6. The lowest BCUT2D eigenvalue weighted by Crippen LogP contribution is -2.06. The number of halogens is 1. The van der Waals surface area contributed by atoms with Gasteiger partial charge in [0.1, 0.15) is 0 Å². The molecule has 1 N–H and O–H groups in total. The molecule has 0 spiro atoms. The van der Waals surface area contributed by atoms with Crippen LogP contribution in [0.2, 0.25) is 5.02 Å². The van der Waals surface area contributed by atoms with Crippen LogP contribution < -0.4 is 0 Å². The molecule has 0 aliphatic rings. The molecule has 0 aliphatic carbocycles. The molecule has 6 nitrogen and oxygen atoms in total. The van der Waals surface area contributed by atoms with Crippen molar-refractivity contribution in [2.45, 2.75) is 11.3 Å². The number of benzene rings is 2. The molecular weight excluding hydrogens is 446 g/mol. The van der Waals surface area contributed by atoms with E-state index in [4.69, 9.17) is 11.6 Å². The molecule has 0 amide bonds. The van der Waals surface area contributed by atoms with Gasteiger partial charge in [-0.1, -0.05) is 35.9 Å². The van der Waals surface area contributed by atoms with E-state index >= 15 is 0 Å². The maximum atomic E-state index is 12.4. The fraction of sp³-hybridized carbons (Fsp3) is 0.125. The summed E-state index contributed by atoms with van der Waals surface area (Å²) < 4.78 is 12.4. The third-order valence-corrected chi connectivity index (χ3v) is 6.75. The predicted octanol–water partition coefficient (Wildman–Crippen LogP) is 5.84. The van der Waals surface area contributed by atoms with Crippen molar-refractivity contribution in [3.63, 3.8) is 0 Å². The molecule has 0 aliphatic heterocycles. The number of nitrogens with zero attached hydrogens (tertiary/aromatic N) is 2. The number of nitro groups is 1. The summed E-state index contributed by atoms with van der Waals surface area (Å²) in [5, 5.41) is 11.1. The molecule has 0 saturated heterocycles. The molecule has 2 aromatic heterocycles. The van der Waals surface area contributed by atoms with Gasteiger partial charge in [0.15, 0.2) is 0 Å². The molecule has 0 bridgehead atoms. The molecule has 162 valence electrons. The van der Waals surface area contributed by atoms with Crippen molar-refractivity contribution >= 4 is 22.4 Å². The van der Waals surface area contributed by atoms with Gasteiger partial charge in [-0.05, 0) is 59.2 Å². The van der Waals surface area contributed by atoms with Crippen molar-refractivity contribution in [3.05, 3.63) is 94.3 Å². The third kappa shape index (κ3) is 5.12. The first-order valence-electron chi connectivity index (χ1n) is 10.0. The van der Waals surface area contributed by atoms with Crippen LogP contribution in [-0.2, 0) is 10.8 Å². The maximum Gasteiger partial charge on any atom is 0.204 e. The number of hydrogen-bond acceptors (Lipinski definition) is 4. The number of aromatic nitrogens is 2. The lowest BCUT2D eigenvalue weighted by Gasteiger charge is -2.05. The van der Waals surface area contributed by atoms with Gasteiger partial charge in [-0.2, -0.15) is 0 Å². The van der Waals surface area contributed by atoms with Crippen LogP contribution in [-0.4, -0.2) is 31.4 Å². The van der Waals surface area contributed by atoms with Gasteiger partial charge in [0.2, 0.25) is 6.54 Å². The summed E-state index contributed by atoms with van der Waals surface area (Å²) in [5.74, 6) is 0.274. The second-order valence-electron chi connectivity index (χ2n) is 7.20. The number of H-pyrrole nitrogens is 1. The number of rotatable bonds is 8. The largest absolute Gasteiger partial charge is 0.354 e. The summed E-state index contributed by atoms with van der Waals surface area (Å²) in [4.78, 5) is 18.4. The third-order valence-electron chi connectivity index (χ3n) is 5.04. The zero-order chi connectivity index (χ0) is 22.5. The Balaban J connectivity index is 1.64. The first kappa shape index (κ1) is 21.9. The minimum absolute atomic E-state index is 0.169. The molecule has 0 saturated carbocycles. The smallest absolute Gasteiger partial charge is 0.204 e. The lowest BCUT2D eigenvalue weighted by molar-refractivity contribution is -0.479. The minimum atomic E-state index is -1.26. The molecule has 8 heteroatoms. The Morgan fingerprint density at radius 2 is 1.59 bits per heavy atom. The topological polar surface area (TPSA) is 88.9 Å². The van der Waals surface area contributed by atoms with Crippen LogP contribution in [0.25, 0.3) is 33.6 Å². The predicted molar refractivity (Wildman–Crippen MR) is 128 cm³/mol. The number of hydrogen-bond donors (Lipinski definition) is 1. The molecule has 32 heavy (non-hydrogen) atoms. The van der Waals surface area contributed by atoms with Crippen LogP contribution in [0.4, 0.5) is 0 Å². The molecule has 2 aromatic carbocycles. The Morgan fingerprint density at radius 3 is 2.25 bits per heavy atom. The van der Waals surface area contributed by atoms with Crippen LogP contribution in [0, 0.1) is 10.1 Å². The van der Waals surface area contributed by atoms with E-state index in [1.54, 1.807) is 12.4 Å². The van der Waals surface area contributed by atoms with Gasteiger partial charge in [-0.15, -0.1) is 0 Å². The van der Waals surface area contributed by atoms with E-state index in [0.29, 0.717) is 9.92 Å². The molecule has 1 unspecified atom stereocenters. The van der Waals surface area contributed by atoms with Gasteiger partial charge in [0.05, 0.1) is 16.5 Å². The minimum Gasteiger partial charge on any atom is -0.354 e. The standard InChI is InChI=1S/C24H20ClN3O3S/c25-20-6-2-19(3-7-20)24-22(17-10-12-26-13-11-17)16-23(27-24)18-4-8-21(9-5-18)32(31)15-1-14-28(29)30/h2-13,16,27H,1,14-15H2. The summed E-state index contributed by atoms with van der Waals surface area (Å²) in [6.07, 6.45) is 3.81. The first-order valence-corrected chi connectivity index (χ1v) is 11.7. The van der Waals surface area contributed by atoms with E-state index in [-0.39, 0.29) is 23.6 Å². The van der Waals surface area contributed by atoms with E-state index in [2.05, 4.69) is 16.0 Å². The Hall–Kier alpha value is -3.29. The Labute approximate surface area is 192 Å². The van der Waals surface area contributed by atoms with E-state index in [1.807, 2.05) is 60.7 Å². The van der Waals surface area contributed by atoms with Crippen molar-refractivity contribution in [1.29, 1.82) is 0 Å². The van der Waals surface area contributed by atoms with Crippen LogP contribution in [0.3, 0.4) is 0 Å². The van der Waals surface area contributed by atoms with E-state index in [1.165, 1.54) is 0 Å². The maximum absolute atomic E-state index is 12.4. The number of pyridine rings is 1. The molecule has 2 heterocycles. The van der Waals surface area contributed by atoms with Crippen molar-refractivity contribution in [2.75, 3.05) is 12.3 Å². The average Bonchev–Trinajstić information content (AvgIpc) is 3.25. The summed E-state index contributed by atoms with van der Waals surface area (Å²) >= 11 is 6.07. The highest BCUT2D eigenvalue weighted by Gasteiger charge is 2.14. The van der Waals surface area contributed by atoms with Crippen molar-refractivity contribution in [2.24, 2.45) is 0 Å². The van der Waals surface area contributed by atoms with Gasteiger partial charge in [0, 0.05) is 50.7 Å². The van der Waals surface area contributed by atoms with Gasteiger partial charge >= 0.3 is 0 Å². The van der Waals surface area contributed by atoms with Crippen molar-refractivity contribution < 1.29 is 9.13 Å². The fourth-order valence-electron chi connectivity index (χ4n) is 3.44. The molecule has 4 rings (SSSR count). The summed E-state index contributed by atoms with van der Waals surface area (Å²) in [6.45, 7) is -0.169. The van der Waals surface area contributed by atoms with Crippen LogP contribution in [0.5, 0.6) is 0 Å². The monoisotopic (exact) mass is 465 g/mol. The number of nitrogens with one attached hydrogen (secondary N) is 1. The Bertz CT molecular complexity index is 1240. The first-order chi connectivity index (χ1) is 15.5. The highest BCUT2D eigenvalue weighted by Crippen LogP contribution is 2.36. The quantitative estimate of drug-likeness (QED) is 0.261. The summed E-state index contributed by atoms with van der Waals surface area (Å²) in [5.41, 5.74) is 5.93. The number of aromatic amines is 1. The normalized spacial score (nSPS) is 11.9. The van der Waals surface area contributed by atoms with E-state index in [9.17, 15) is 14.3 Å². The molecular formula is C24H20ClN3O3S. The highest BCUT2D eigenvalue weighted by molar-refractivity contribution is 7.85. The zero-order valence-electron chi connectivity index (χ0n) is 17.0. The molecule has 0 radical (unpaired) electrons. The van der Waals surface area contributed by atoms with Gasteiger partial charge < -0.3 is 4.98 Å². The molecule has 0 fully saturated rings. The van der Waals surface area contributed by atoms with Crippen LogP contribution >= 0.6 is 11.6 Å². The summed E-state index contributed by atoms with van der Waals surface area (Å²) in [7, 11) is -1.26. The highest BCUT2D eigenvalue weighted by atomic mass is 35.5. The van der Waals surface area contributed by atoms with E-state index < -0.39 is 10.8 Å². The SMILES string of the molecule is O=[N+]([O-])CCCS(=O)c1ccc(-c2cc(-c3ccncc3)c(-c3ccc(Cl)cc3)[nH]2)cc1. The van der Waals surface area contributed by atoms with Gasteiger partial charge in [0.25, 0.3) is 0 Å². The lowest BCUT2D eigenvalue weighted by atomic mass is 10.0. The van der Waals surface area contributed by atoms with Crippen molar-refractivity contribution in [1.82, 2.24) is 9.97 Å². The molecule has 4 aromatic rings. The van der Waals surface area contributed by atoms with Crippen LogP contribution in [0.1, 0.15) is 6.42 Å². The van der Waals surface area contributed by atoms with Gasteiger partial charge in [-0.25, -0.2) is 0 Å². The van der Waals surface area contributed by atoms with Crippen molar-refractivity contribution in [3.8, 4) is 33.6 Å². The second-order valence-corrected chi connectivity index (χ2v) is 9.21. The average molecular weight is 466 g/mol. The summed E-state index contributed by atoms with van der Waals surface area (Å²) in [6, 6.07) is 21.1. The molecule has 1 atom stereocenters.